The Labute approximate surface area is 121 Å². The summed E-state index contributed by atoms with van der Waals surface area (Å²) < 4.78 is 2.94. The topological polar surface area (TPSA) is 20.2 Å². The van der Waals surface area contributed by atoms with Crippen molar-refractivity contribution in [3.8, 4) is 0 Å². The monoisotopic (exact) mass is 430 g/mol. The SMILES string of the molecule is OC(c1cc(Br)c(Br)s1)c1sccc1Br. The van der Waals surface area contributed by atoms with Crippen molar-refractivity contribution in [2.45, 2.75) is 6.10 Å². The summed E-state index contributed by atoms with van der Waals surface area (Å²) in [6.45, 7) is 0. The van der Waals surface area contributed by atoms with E-state index >= 15 is 0 Å². The molecule has 0 aliphatic carbocycles. The van der Waals surface area contributed by atoms with Crippen LogP contribution < -0.4 is 0 Å². The molecule has 2 heterocycles. The molecule has 0 aromatic carbocycles. The van der Waals surface area contributed by atoms with Crippen LogP contribution in [0, 0.1) is 0 Å². The first kappa shape index (κ1) is 12.3. The number of rotatable bonds is 2. The maximum atomic E-state index is 10.1. The fourth-order valence-electron chi connectivity index (χ4n) is 1.13. The van der Waals surface area contributed by atoms with Crippen LogP contribution in [0.4, 0.5) is 0 Å². The molecule has 2 aromatic heterocycles. The fraction of sp³-hybridized carbons (Fsp3) is 0.111. The lowest BCUT2D eigenvalue weighted by atomic mass is 10.2. The van der Waals surface area contributed by atoms with E-state index in [2.05, 4.69) is 47.8 Å². The molecule has 2 rings (SSSR count). The van der Waals surface area contributed by atoms with Crippen molar-refractivity contribution in [2.75, 3.05) is 0 Å². The quantitative estimate of drug-likeness (QED) is 0.693. The van der Waals surface area contributed by atoms with Crippen LogP contribution in [-0.4, -0.2) is 5.11 Å². The molecule has 1 nitrogen and oxygen atoms in total. The minimum atomic E-state index is -0.549. The number of hydrogen-bond acceptors (Lipinski definition) is 3. The van der Waals surface area contributed by atoms with Gasteiger partial charge < -0.3 is 5.11 Å². The summed E-state index contributed by atoms with van der Waals surface area (Å²) in [5.41, 5.74) is 0. The predicted molar refractivity (Wildman–Crippen MR) is 75.8 cm³/mol. The number of halogens is 3. The zero-order chi connectivity index (χ0) is 11.0. The van der Waals surface area contributed by atoms with Crippen LogP contribution in [0.5, 0.6) is 0 Å². The molecule has 0 saturated heterocycles. The molecule has 0 bridgehead atoms. The van der Waals surface area contributed by atoms with Crippen LogP contribution in [0.2, 0.25) is 0 Å². The summed E-state index contributed by atoms with van der Waals surface area (Å²) in [5, 5.41) is 12.1. The molecule has 80 valence electrons. The molecule has 6 heteroatoms. The molecule has 2 aromatic rings. The average molecular weight is 433 g/mol. The highest BCUT2D eigenvalue weighted by molar-refractivity contribution is 9.13. The van der Waals surface area contributed by atoms with Crippen molar-refractivity contribution in [1.29, 1.82) is 0 Å². The summed E-state index contributed by atoms with van der Waals surface area (Å²) in [6.07, 6.45) is -0.549. The van der Waals surface area contributed by atoms with Crippen molar-refractivity contribution in [3.05, 3.63) is 40.0 Å². The van der Waals surface area contributed by atoms with E-state index in [4.69, 9.17) is 0 Å². The minimum Gasteiger partial charge on any atom is -0.382 e. The van der Waals surface area contributed by atoms with Gasteiger partial charge in [0.15, 0.2) is 0 Å². The Bertz CT molecular complexity index is 458. The molecule has 15 heavy (non-hydrogen) atoms. The van der Waals surface area contributed by atoms with E-state index in [-0.39, 0.29) is 0 Å². The Kier molecular flexibility index (Phi) is 4.07. The maximum Gasteiger partial charge on any atom is 0.123 e. The first-order chi connectivity index (χ1) is 7.09. The third-order valence-corrected chi connectivity index (χ3v) is 7.06. The van der Waals surface area contributed by atoms with Crippen molar-refractivity contribution < 1.29 is 5.11 Å². The van der Waals surface area contributed by atoms with Gasteiger partial charge >= 0.3 is 0 Å². The smallest absolute Gasteiger partial charge is 0.123 e. The molecule has 0 radical (unpaired) electrons. The molecule has 0 spiro atoms. The Hall–Kier alpha value is 0.800. The molecule has 1 unspecified atom stereocenters. The van der Waals surface area contributed by atoms with Gasteiger partial charge in [-0.25, -0.2) is 0 Å². The highest BCUT2D eigenvalue weighted by Gasteiger charge is 2.18. The third kappa shape index (κ3) is 2.56. The van der Waals surface area contributed by atoms with Gasteiger partial charge in [-0.05, 0) is 65.3 Å². The number of thiophene rings is 2. The van der Waals surface area contributed by atoms with Crippen molar-refractivity contribution in [1.82, 2.24) is 0 Å². The molecular formula is C9H5Br3OS2. The Balaban J connectivity index is 2.36. The van der Waals surface area contributed by atoms with Gasteiger partial charge in [-0.2, -0.15) is 0 Å². The first-order valence-electron chi connectivity index (χ1n) is 3.95. The highest BCUT2D eigenvalue weighted by atomic mass is 79.9. The molecule has 0 amide bonds. The van der Waals surface area contributed by atoms with Gasteiger partial charge in [0.1, 0.15) is 6.10 Å². The molecule has 0 fully saturated rings. The van der Waals surface area contributed by atoms with Gasteiger partial charge in [0.25, 0.3) is 0 Å². The second-order valence-electron chi connectivity index (χ2n) is 2.81. The zero-order valence-electron chi connectivity index (χ0n) is 7.21. The number of aliphatic hydroxyl groups excluding tert-OH is 1. The standard InChI is InChI=1S/C9H5Br3OS2/c10-4-1-2-14-8(4)7(13)6-3-5(11)9(12)15-6/h1-3,7,13H. The molecule has 1 N–H and O–H groups in total. The fourth-order valence-corrected chi connectivity index (χ4v) is 4.88. The normalized spacial score (nSPS) is 13.1. The van der Waals surface area contributed by atoms with Crippen LogP contribution >= 0.6 is 70.5 Å². The molecular weight excluding hydrogens is 428 g/mol. The predicted octanol–water partition coefficient (Wildman–Crippen LogP) is 5.18. The second kappa shape index (κ2) is 4.98. The summed E-state index contributed by atoms with van der Waals surface area (Å²) in [6, 6.07) is 3.88. The summed E-state index contributed by atoms with van der Waals surface area (Å²) in [4.78, 5) is 1.87. The van der Waals surface area contributed by atoms with E-state index in [9.17, 15) is 5.11 Å². The van der Waals surface area contributed by atoms with Crippen LogP contribution in [0.1, 0.15) is 15.9 Å². The summed E-state index contributed by atoms with van der Waals surface area (Å²) in [5.74, 6) is 0. The van der Waals surface area contributed by atoms with E-state index in [0.717, 1.165) is 22.5 Å². The van der Waals surface area contributed by atoms with Crippen LogP contribution in [0.15, 0.2) is 30.2 Å². The van der Waals surface area contributed by atoms with E-state index < -0.39 is 6.10 Å². The van der Waals surface area contributed by atoms with Gasteiger partial charge in [0.2, 0.25) is 0 Å². The molecule has 0 aliphatic rings. The Morgan fingerprint density at radius 1 is 1.20 bits per heavy atom. The van der Waals surface area contributed by atoms with Crippen LogP contribution in [0.25, 0.3) is 0 Å². The minimum absolute atomic E-state index is 0.549. The Morgan fingerprint density at radius 2 is 1.93 bits per heavy atom. The lowest BCUT2D eigenvalue weighted by molar-refractivity contribution is 0.227. The molecule has 0 saturated carbocycles. The van der Waals surface area contributed by atoms with Crippen molar-refractivity contribution in [2.24, 2.45) is 0 Å². The lowest BCUT2D eigenvalue weighted by Gasteiger charge is -2.06. The van der Waals surface area contributed by atoms with Crippen LogP contribution in [0.3, 0.4) is 0 Å². The van der Waals surface area contributed by atoms with Crippen LogP contribution in [-0.2, 0) is 0 Å². The van der Waals surface area contributed by atoms with Crippen molar-refractivity contribution >= 4 is 70.5 Å². The van der Waals surface area contributed by atoms with E-state index in [0.29, 0.717) is 0 Å². The first-order valence-corrected chi connectivity index (χ1v) is 8.03. The lowest BCUT2D eigenvalue weighted by Crippen LogP contribution is -1.93. The van der Waals surface area contributed by atoms with Gasteiger partial charge in [0.05, 0.1) is 8.66 Å². The summed E-state index contributed by atoms with van der Waals surface area (Å²) >= 11 is 13.3. The third-order valence-electron chi connectivity index (χ3n) is 1.83. The maximum absolute atomic E-state index is 10.1. The summed E-state index contributed by atoms with van der Waals surface area (Å²) in [7, 11) is 0. The highest BCUT2D eigenvalue weighted by Crippen LogP contribution is 2.40. The van der Waals surface area contributed by atoms with E-state index in [1.165, 1.54) is 11.3 Å². The van der Waals surface area contributed by atoms with Gasteiger partial charge in [-0.3, -0.25) is 0 Å². The average Bonchev–Trinajstić information content (AvgIpc) is 2.74. The zero-order valence-corrected chi connectivity index (χ0v) is 13.6. The number of hydrogen-bond donors (Lipinski definition) is 1. The van der Waals surface area contributed by atoms with Gasteiger partial charge in [-0.1, -0.05) is 0 Å². The Morgan fingerprint density at radius 3 is 2.40 bits per heavy atom. The van der Waals surface area contributed by atoms with E-state index in [1.54, 1.807) is 11.3 Å². The second-order valence-corrected chi connectivity index (χ2v) is 7.86. The van der Waals surface area contributed by atoms with Gasteiger partial charge in [-0.15, -0.1) is 22.7 Å². The molecule has 1 atom stereocenters. The van der Waals surface area contributed by atoms with Gasteiger partial charge in [0, 0.05) is 13.8 Å². The van der Waals surface area contributed by atoms with Crippen molar-refractivity contribution in [3.63, 3.8) is 0 Å². The van der Waals surface area contributed by atoms with E-state index in [1.807, 2.05) is 17.5 Å². The largest absolute Gasteiger partial charge is 0.382 e. The number of aliphatic hydroxyl groups is 1. The molecule has 0 aliphatic heterocycles.